The molecule has 0 heterocycles. The van der Waals surface area contributed by atoms with E-state index in [2.05, 4.69) is 0 Å². The molecule has 6 nitrogen and oxygen atoms in total. The molecule has 0 amide bonds. The van der Waals surface area contributed by atoms with Gasteiger partial charge in [-0.3, -0.25) is 4.57 Å². The first-order valence-electron chi connectivity index (χ1n) is 2.44. The van der Waals surface area contributed by atoms with Crippen molar-refractivity contribution >= 4 is 17.4 Å². The van der Waals surface area contributed by atoms with Crippen molar-refractivity contribution in [1.29, 1.82) is 0 Å². The van der Waals surface area contributed by atoms with Gasteiger partial charge in [0.1, 0.15) is 0 Å². The molecule has 0 aromatic heterocycles. The molecule has 13 heavy (non-hydrogen) atoms. The molecule has 0 rings (SSSR count). The fourth-order valence-electron chi connectivity index (χ4n) is 0.300. The lowest BCUT2D eigenvalue weighted by molar-refractivity contribution is -0.0463. The van der Waals surface area contributed by atoms with Gasteiger partial charge in [-0.15, -0.1) is 0 Å². The van der Waals surface area contributed by atoms with Crippen LogP contribution in [0.3, 0.4) is 0 Å². The number of halogens is 3. The predicted molar refractivity (Wildman–Crippen MR) is 33.0 cm³/mol. The summed E-state index contributed by atoms with van der Waals surface area (Å²) in [5.41, 5.74) is -5.90. The summed E-state index contributed by atoms with van der Waals surface area (Å²) in [5.74, 6) is 0. The Morgan fingerprint density at radius 2 is 1.54 bits per heavy atom. The van der Waals surface area contributed by atoms with E-state index in [0.29, 0.717) is 0 Å². The molecule has 0 bridgehead atoms. The van der Waals surface area contributed by atoms with Gasteiger partial charge in [-0.2, -0.15) is 13.2 Å². The molecule has 0 radical (unpaired) electrons. The molecule has 0 aliphatic rings. The fraction of sp³-hybridized carbons (Fsp3) is 1.00. The smallest absolute Gasteiger partial charge is 0.367 e. The maximum absolute atomic E-state index is 11.5. The van der Waals surface area contributed by atoms with Crippen molar-refractivity contribution < 1.29 is 41.0 Å². The van der Waals surface area contributed by atoms with E-state index in [1.54, 1.807) is 0 Å². The zero-order chi connectivity index (χ0) is 11.1. The largest absolute Gasteiger partial charge is 0.500 e. The Balaban J connectivity index is 5.24. The van der Waals surface area contributed by atoms with Crippen LogP contribution in [0.25, 0.3) is 0 Å². The molecular weight excluding hydrogens is 240 g/mol. The monoisotopic (exact) mass is 244 g/mol. The summed E-state index contributed by atoms with van der Waals surface area (Å²) in [5, 5.41) is 4.41. The van der Waals surface area contributed by atoms with Crippen LogP contribution in [0.5, 0.6) is 0 Å². The van der Waals surface area contributed by atoms with Crippen LogP contribution in [0.2, 0.25) is 0 Å². The first kappa shape index (κ1) is 12.8. The van der Waals surface area contributed by atoms with Gasteiger partial charge in [0.05, 0.1) is 0 Å². The molecule has 80 valence electrons. The first-order valence-corrected chi connectivity index (χ1v) is 5.67. The number of aliphatic hydroxyl groups is 1. The van der Waals surface area contributed by atoms with Gasteiger partial charge in [-0.25, -0.2) is 8.42 Å². The Kier molecular flexibility index (Phi) is 3.17. The second-order valence-corrected chi connectivity index (χ2v) is 5.92. The van der Waals surface area contributed by atoms with Gasteiger partial charge in [-0.1, -0.05) is 0 Å². The van der Waals surface area contributed by atoms with Crippen molar-refractivity contribution in [1.82, 2.24) is 0 Å². The number of rotatable bonds is 2. The van der Waals surface area contributed by atoms with Crippen LogP contribution < -0.4 is 0 Å². The minimum atomic E-state index is -6.24. The van der Waals surface area contributed by atoms with E-state index >= 15 is 0 Å². The molecule has 1 atom stereocenters. The Morgan fingerprint density at radius 1 is 1.23 bits per heavy atom. The van der Waals surface area contributed by atoms with Crippen LogP contribution >= 0.6 is 7.60 Å². The summed E-state index contributed by atoms with van der Waals surface area (Å²) in [6.07, 6.45) is 0. The lowest BCUT2D eigenvalue weighted by atomic mass is 11.5. The average Bonchev–Trinajstić information content (AvgIpc) is 1.81. The second-order valence-electron chi connectivity index (χ2n) is 1.91. The molecule has 11 heteroatoms. The van der Waals surface area contributed by atoms with E-state index in [0.717, 1.165) is 0 Å². The van der Waals surface area contributed by atoms with Gasteiger partial charge in [0, 0.05) is 0 Å². The third-order valence-corrected chi connectivity index (χ3v) is 4.32. The fourth-order valence-corrected chi connectivity index (χ4v) is 2.34. The summed E-state index contributed by atoms with van der Waals surface area (Å²) in [4.78, 5) is 15.9. The van der Waals surface area contributed by atoms with Crippen LogP contribution in [0.1, 0.15) is 0 Å². The number of sulfone groups is 1. The van der Waals surface area contributed by atoms with E-state index in [-0.39, 0.29) is 0 Å². The van der Waals surface area contributed by atoms with Gasteiger partial charge >= 0.3 is 13.1 Å². The van der Waals surface area contributed by atoms with Crippen LogP contribution in [-0.2, 0) is 14.4 Å². The third-order valence-electron chi connectivity index (χ3n) is 0.888. The SMILES string of the molecule is O=P(O)(O)C(O)S(=O)(=O)C(F)(F)F. The maximum atomic E-state index is 11.5. The molecule has 0 spiro atoms. The van der Waals surface area contributed by atoms with Crippen molar-refractivity contribution in [2.45, 2.75) is 10.7 Å². The van der Waals surface area contributed by atoms with Crippen LogP contribution in [0, 0.1) is 0 Å². The van der Waals surface area contributed by atoms with Crippen molar-refractivity contribution in [3.8, 4) is 0 Å². The zero-order valence-corrected chi connectivity index (χ0v) is 7.34. The number of hydrogen-bond donors (Lipinski definition) is 3. The minimum Gasteiger partial charge on any atom is -0.367 e. The Morgan fingerprint density at radius 3 is 1.62 bits per heavy atom. The molecule has 1 unspecified atom stereocenters. The maximum Gasteiger partial charge on any atom is 0.500 e. The van der Waals surface area contributed by atoms with Crippen molar-refractivity contribution in [2.24, 2.45) is 0 Å². The minimum absolute atomic E-state index is 3.76. The summed E-state index contributed by atoms with van der Waals surface area (Å²) in [6, 6.07) is 0. The zero-order valence-electron chi connectivity index (χ0n) is 5.63. The predicted octanol–water partition coefficient (Wildman–Crippen LogP) is -0.625. The quantitative estimate of drug-likeness (QED) is 0.558. The third kappa shape index (κ3) is 2.64. The highest BCUT2D eigenvalue weighted by molar-refractivity contribution is 7.98. The van der Waals surface area contributed by atoms with E-state index in [1.807, 2.05) is 0 Å². The Hall–Kier alpha value is -0.150. The molecule has 0 fully saturated rings. The topological polar surface area (TPSA) is 112 Å². The highest BCUT2D eigenvalue weighted by atomic mass is 32.2. The molecular formula is C2H4F3O6PS. The Bertz CT molecular complexity index is 324. The first-order chi connectivity index (χ1) is 5.40. The molecule has 0 aliphatic carbocycles. The summed E-state index contributed by atoms with van der Waals surface area (Å²) in [7, 11) is -12.0. The van der Waals surface area contributed by atoms with E-state index < -0.39 is 28.1 Å². The van der Waals surface area contributed by atoms with E-state index in [1.165, 1.54) is 0 Å². The molecule has 0 saturated heterocycles. The van der Waals surface area contributed by atoms with E-state index in [9.17, 15) is 26.2 Å². The van der Waals surface area contributed by atoms with Crippen molar-refractivity contribution in [2.75, 3.05) is 0 Å². The molecule has 0 aromatic rings. The summed E-state index contributed by atoms with van der Waals surface area (Å²) >= 11 is 0. The van der Waals surface area contributed by atoms with Crippen LogP contribution in [-0.4, -0.2) is 34.0 Å². The lowest BCUT2D eigenvalue weighted by Crippen LogP contribution is -2.34. The summed E-state index contributed by atoms with van der Waals surface area (Å²) in [6.45, 7) is 0. The van der Waals surface area contributed by atoms with Crippen molar-refractivity contribution in [3.63, 3.8) is 0 Å². The Labute approximate surface area is 70.1 Å². The highest BCUT2D eigenvalue weighted by Gasteiger charge is 2.56. The summed E-state index contributed by atoms with van der Waals surface area (Å²) < 4.78 is 64.8. The average molecular weight is 244 g/mol. The normalized spacial score (nSPS) is 17.1. The second kappa shape index (κ2) is 3.21. The van der Waals surface area contributed by atoms with E-state index in [4.69, 9.17) is 14.9 Å². The van der Waals surface area contributed by atoms with Gasteiger partial charge < -0.3 is 14.9 Å². The number of aliphatic hydroxyl groups excluding tert-OH is 1. The van der Waals surface area contributed by atoms with Gasteiger partial charge in [-0.05, 0) is 0 Å². The van der Waals surface area contributed by atoms with Crippen molar-refractivity contribution in [3.05, 3.63) is 0 Å². The van der Waals surface area contributed by atoms with Gasteiger partial charge in [0.2, 0.25) is 0 Å². The molecule has 0 aliphatic heterocycles. The van der Waals surface area contributed by atoms with Gasteiger partial charge in [0.15, 0.2) is 0 Å². The lowest BCUT2D eigenvalue weighted by Gasteiger charge is -2.14. The number of alkyl halides is 3. The van der Waals surface area contributed by atoms with Crippen LogP contribution in [0.4, 0.5) is 13.2 Å². The molecule has 0 aromatic carbocycles. The van der Waals surface area contributed by atoms with Gasteiger partial charge in [0.25, 0.3) is 15.0 Å². The molecule has 3 N–H and O–H groups in total. The van der Waals surface area contributed by atoms with Crippen LogP contribution in [0.15, 0.2) is 0 Å². The number of hydrogen-bond acceptors (Lipinski definition) is 4. The molecule has 0 saturated carbocycles. The highest BCUT2D eigenvalue weighted by Crippen LogP contribution is 2.46. The standard InChI is InChI=1S/C2H4F3O6PS/c3-2(4,5)13(10,11)1(6)12(7,8)9/h1,6H,(H2,7,8,9).